The Morgan fingerprint density at radius 3 is 2.73 bits per heavy atom. The molecule has 0 bridgehead atoms. The van der Waals surface area contributed by atoms with Crippen molar-refractivity contribution in [2.24, 2.45) is 0 Å². The molecular formula is C6H9N3O2. The SMILES string of the molecule is Nc1ncnc(O)c1CCO. The minimum absolute atomic E-state index is 0.0782. The molecule has 0 unspecified atom stereocenters. The zero-order valence-corrected chi connectivity index (χ0v) is 5.86. The molecule has 1 rings (SSSR count). The lowest BCUT2D eigenvalue weighted by Crippen LogP contribution is -2.01. The number of nitrogens with zero attached hydrogens (tertiary/aromatic N) is 2. The number of hydrogen-bond donors (Lipinski definition) is 3. The van der Waals surface area contributed by atoms with Gasteiger partial charge in [-0.15, -0.1) is 0 Å². The molecule has 1 aromatic heterocycles. The molecule has 0 aromatic carbocycles. The number of aliphatic hydroxyl groups excluding tert-OH is 1. The molecule has 0 spiro atoms. The summed E-state index contributed by atoms with van der Waals surface area (Å²) in [7, 11) is 0. The highest BCUT2D eigenvalue weighted by Crippen LogP contribution is 2.17. The summed E-state index contributed by atoms with van der Waals surface area (Å²) < 4.78 is 0. The zero-order chi connectivity index (χ0) is 8.27. The van der Waals surface area contributed by atoms with Gasteiger partial charge in [0.2, 0.25) is 5.88 Å². The molecule has 0 fully saturated rings. The Morgan fingerprint density at radius 2 is 2.18 bits per heavy atom. The number of aromatic hydroxyl groups is 1. The third kappa shape index (κ3) is 1.56. The van der Waals surface area contributed by atoms with Crippen LogP contribution in [0.2, 0.25) is 0 Å². The molecular weight excluding hydrogens is 146 g/mol. The molecule has 0 amide bonds. The molecule has 5 nitrogen and oxygen atoms in total. The van der Waals surface area contributed by atoms with Gasteiger partial charge in [0.1, 0.15) is 12.1 Å². The minimum Gasteiger partial charge on any atom is -0.493 e. The number of hydrogen-bond acceptors (Lipinski definition) is 5. The second-order valence-electron chi connectivity index (χ2n) is 2.03. The number of aromatic nitrogens is 2. The van der Waals surface area contributed by atoms with Crippen molar-refractivity contribution in [1.29, 1.82) is 0 Å². The lowest BCUT2D eigenvalue weighted by molar-refractivity contribution is 0.297. The summed E-state index contributed by atoms with van der Waals surface area (Å²) in [4.78, 5) is 7.17. The second kappa shape index (κ2) is 3.16. The van der Waals surface area contributed by atoms with Gasteiger partial charge < -0.3 is 15.9 Å². The van der Waals surface area contributed by atoms with Crippen molar-refractivity contribution < 1.29 is 10.2 Å². The van der Waals surface area contributed by atoms with Crippen molar-refractivity contribution in [1.82, 2.24) is 9.97 Å². The quantitative estimate of drug-likeness (QED) is 0.525. The molecule has 1 aromatic rings. The molecule has 4 N–H and O–H groups in total. The maximum absolute atomic E-state index is 9.08. The molecule has 1 heterocycles. The highest BCUT2D eigenvalue weighted by atomic mass is 16.3. The summed E-state index contributed by atoms with van der Waals surface area (Å²) in [6, 6.07) is 0. The Morgan fingerprint density at radius 1 is 1.45 bits per heavy atom. The van der Waals surface area contributed by atoms with E-state index in [1.165, 1.54) is 6.33 Å². The van der Waals surface area contributed by atoms with Crippen molar-refractivity contribution in [3.63, 3.8) is 0 Å². The molecule has 5 heteroatoms. The molecule has 0 atom stereocenters. The number of anilines is 1. The smallest absolute Gasteiger partial charge is 0.219 e. The van der Waals surface area contributed by atoms with Crippen molar-refractivity contribution in [2.45, 2.75) is 6.42 Å². The lowest BCUT2D eigenvalue weighted by Gasteiger charge is -2.02. The zero-order valence-electron chi connectivity index (χ0n) is 5.86. The first-order valence-corrected chi connectivity index (χ1v) is 3.15. The third-order valence-corrected chi connectivity index (χ3v) is 1.32. The van der Waals surface area contributed by atoms with Crippen LogP contribution < -0.4 is 5.73 Å². The van der Waals surface area contributed by atoms with Crippen LogP contribution in [0.15, 0.2) is 6.33 Å². The molecule has 60 valence electrons. The Labute approximate surface area is 63.5 Å². The average molecular weight is 155 g/mol. The Kier molecular flexibility index (Phi) is 2.22. The summed E-state index contributed by atoms with van der Waals surface area (Å²) >= 11 is 0. The normalized spacial score (nSPS) is 9.91. The number of aliphatic hydroxyl groups is 1. The summed E-state index contributed by atoms with van der Waals surface area (Å²) in [6.45, 7) is -0.0782. The van der Waals surface area contributed by atoms with E-state index in [1.807, 2.05) is 0 Å². The minimum atomic E-state index is -0.161. The molecule has 0 saturated carbocycles. The third-order valence-electron chi connectivity index (χ3n) is 1.32. The van der Waals surface area contributed by atoms with Gasteiger partial charge in [0.05, 0.1) is 5.56 Å². The molecule has 0 radical (unpaired) electrons. The number of nitrogen functional groups attached to an aromatic ring is 1. The summed E-state index contributed by atoms with van der Waals surface area (Å²) in [5.41, 5.74) is 5.78. The van der Waals surface area contributed by atoms with Gasteiger partial charge in [0.15, 0.2) is 0 Å². The molecule has 0 aliphatic carbocycles. The molecule has 11 heavy (non-hydrogen) atoms. The van der Waals surface area contributed by atoms with Crippen LogP contribution in [-0.4, -0.2) is 26.8 Å². The van der Waals surface area contributed by atoms with Crippen molar-refractivity contribution >= 4 is 5.82 Å². The van der Waals surface area contributed by atoms with Gasteiger partial charge >= 0.3 is 0 Å². The van der Waals surface area contributed by atoms with Gasteiger partial charge in [0.25, 0.3) is 0 Å². The van der Waals surface area contributed by atoms with E-state index in [0.29, 0.717) is 5.56 Å². The van der Waals surface area contributed by atoms with E-state index in [2.05, 4.69) is 9.97 Å². The van der Waals surface area contributed by atoms with Crippen molar-refractivity contribution in [3.8, 4) is 5.88 Å². The van der Waals surface area contributed by atoms with Gasteiger partial charge in [-0.3, -0.25) is 0 Å². The van der Waals surface area contributed by atoms with Crippen LogP contribution in [0.4, 0.5) is 5.82 Å². The lowest BCUT2D eigenvalue weighted by atomic mass is 10.2. The summed E-state index contributed by atoms with van der Waals surface area (Å²) in [5, 5.41) is 17.6. The summed E-state index contributed by atoms with van der Waals surface area (Å²) in [5.74, 6) is 0.0538. The van der Waals surface area contributed by atoms with E-state index in [9.17, 15) is 0 Å². The fraction of sp³-hybridized carbons (Fsp3) is 0.333. The highest BCUT2D eigenvalue weighted by Gasteiger charge is 2.05. The maximum Gasteiger partial charge on any atom is 0.219 e. The van der Waals surface area contributed by atoms with Gasteiger partial charge in [-0.25, -0.2) is 9.97 Å². The van der Waals surface area contributed by atoms with E-state index >= 15 is 0 Å². The Hall–Kier alpha value is -1.36. The van der Waals surface area contributed by atoms with Crippen molar-refractivity contribution in [3.05, 3.63) is 11.9 Å². The second-order valence-corrected chi connectivity index (χ2v) is 2.03. The van der Waals surface area contributed by atoms with Crippen LogP contribution in [0.1, 0.15) is 5.56 Å². The van der Waals surface area contributed by atoms with Crippen LogP contribution in [0.5, 0.6) is 5.88 Å². The monoisotopic (exact) mass is 155 g/mol. The Balaban J connectivity index is 3.00. The van der Waals surface area contributed by atoms with Gasteiger partial charge in [0, 0.05) is 13.0 Å². The highest BCUT2D eigenvalue weighted by molar-refractivity contribution is 5.43. The Bertz CT molecular complexity index is 231. The fourth-order valence-electron chi connectivity index (χ4n) is 0.768. The predicted molar refractivity (Wildman–Crippen MR) is 38.9 cm³/mol. The van der Waals surface area contributed by atoms with E-state index < -0.39 is 0 Å². The van der Waals surface area contributed by atoms with Crippen LogP contribution in [0, 0.1) is 0 Å². The van der Waals surface area contributed by atoms with Gasteiger partial charge in [-0.2, -0.15) is 0 Å². The standard InChI is InChI=1S/C6H9N3O2/c7-5-4(1-2-10)6(11)9-3-8-5/h3,10H,1-2H2,(H3,7,8,9,11). The molecule has 0 saturated heterocycles. The first-order valence-electron chi connectivity index (χ1n) is 3.15. The van der Waals surface area contributed by atoms with E-state index in [-0.39, 0.29) is 24.7 Å². The van der Waals surface area contributed by atoms with Crippen LogP contribution in [-0.2, 0) is 6.42 Å². The largest absolute Gasteiger partial charge is 0.493 e. The number of nitrogens with two attached hydrogens (primary N) is 1. The first-order chi connectivity index (χ1) is 5.25. The van der Waals surface area contributed by atoms with Gasteiger partial charge in [-0.05, 0) is 0 Å². The summed E-state index contributed by atoms with van der Waals surface area (Å²) in [6.07, 6.45) is 1.45. The average Bonchev–Trinajstić information content (AvgIpc) is 1.97. The van der Waals surface area contributed by atoms with E-state index in [1.54, 1.807) is 0 Å². The fourth-order valence-corrected chi connectivity index (χ4v) is 0.768. The van der Waals surface area contributed by atoms with Crippen molar-refractivity contribution in [2.75, 3.05) is 12.3 Å². The molecule has 0 aliphatic heterocycles. The van der Waals surface area contributed by atoms with Crippen LogP contribution >= 0.6 is 0 Å². The maximum atomic E-state index is 9.08. The van der Waals surface area contributed by atoms with E-state index in [4.69, 9.17) is 15.9 Å². The predicted octanol–water partition coefficient (Wildman–Crippen LogP) is -0.701. The van der Waals surface area contributed by atoms with Gasteiger partial charge in [-0.1, -0.05) is 0 Å². The van der Waals surface area contributed by atoms with Crippen LogP contribution in [0.25, 0.3) is 0 Å². The first kappa shape index (κ1) is 7.74. The van der Waals surface area contributed by atoms with E-state index in [0.717, 1.165) is 0 Å². The number of rotatable bonds is 2. The molecule has 0 aliphatic rings. The van der Waals surface area contributed by atoms with Crippen LogP contribution in [0.3, 0.4) is 0 Å². The topological polar surface area (TPSA) is 92.3 Å².